The van der Waals surface area contributed by atoms with E-state index >= 15 is 0 Å². The summed E-state index contributed by atoms with van der Waals surface area (Å²) in [5, 5.41) is 0. The van der Waals surface area contributed by atoms with Gasteiger partial charge in [-0.15, -0.1) is 0 Å². The van der Waals surface area contributed by atoms with Crippen molar-refractivity contribution in [1.82, 2.24) is 9.88 Å². The first-order valence-electron chi connectivity index (χ1n) is 8.10. The largest absolute Gasteiger partial charge is 0.494 e. The molecule has 0 aliphatic carbocycles. The van der Waals surface area contributed by atoms with E-state index in [0.717, 1.165) is 16.9 Å². The van der Waals surface area contributed by atoms with Crippen LogP contribution in [0.15, 0.2) is 48.8 Å². The number of ether oxygens (including phenoxy) is 2. The van der Waals surface area contributed by atoms with Gasteiger partial charge in [-0.05, 0) is 42.3 Å². The van der Waals surface area contributed by atoms with Gasteiger partial charge >= 0.3 is 0 Å². The van der Waals surface area contributed by atoms with Crippen molar-refractivity contribution in [1.29, 1.82) is 0 Å². The number of methoxy groups -OCH3 is 1. The summed E-state index contributed by atoms with van der Waals surface area (Å²) in [7, 11) is 1.64. The van der Waals surface area contributed by atoms with E-state index in [1.807, 2.05) is 48.2 Å². The minimum atomic E-state index is 0.0769. The fraction of sp³-hybridized carbons (Fsp3) is 0.368. The van der Waals surface area contributed by atoms with Crippen LogP contribution in [0.5, 0.6) is 5.75 Å². The summed E-state index contributed by atoms with van der Waals surface area (Å²) in [6.07, 6.45) is 3.84. The maximum atomic E-state index is 12.7. The summed E-state index contributed by atoms with van der Waals surface area (Å²) in [5.74, 6) is 0.898. The van der Waals surface area contributed by atoms with Gasteiger partial charge in [-0.2, -0.15) is 0 Å². The standard InChI is InChI=1S/C19H24N2O3/c1-3-24-18-6-4-16(5-7-18)14-19(22)21(12-13-23-2)15-17-8-10-20-11-9-17/h4-11H,3,12-15H2,1-2H3. The van der Waals surface area contributed by atoms with Gasteiger partial charge in [0.05, 0.1) is 19.6 Å². The SMILES string of the molecule is CCOc1ccc(CC(=O)N(CCOC)Cc2ccncc2)cc1. The lowest BCUT2D eigenvalue weighted by Gasteiger charge is -2.22. The predicted molar refractivity (Wildman–Crippen MR) is 92.8 cm³/mol. The first-order chi connectivity index (χ1) is 11.7. The topological polar surface area (TPSA) is 51.7 Å². The van der Waals surface area contributed by atoms with Crippen LogP contribution in [0.2, 0.25) is 0 Å². The molecular formula is C19H24N2O3. The monoisotopic (exact) mass is 328 g/mol. The second-order valence-corrected chi connectivity index (χ2v) is 5.42. The third-order valence-corrected chi connectivity index (χ3v) is 3.63. The Morgan fingerprint density at radius 1 is 1.08 bits per heavy atom. The fourth-order valence-electron chi connectivity index (χ4n) is 2.36. The fourth-order valence-corrected chi connectivity index (χ4v) is 2.36. The third kappa shape index (κ3) is 5.66. The van der Waals surface area contributed by atoms with E-state index in [9.17, 15) is 4.79 Å². The van der Waals surface area contributed by atoms with E-state index in [0.29, 0.717) is 32.7 Å². The first kappa shape index (κ1) is 17.9. The van der Waals surface area contributed by atoms with Crippen LogP contribution in [0.1, 0.15) is 18.1 Å². The number of nitrogens with zero attached hydrogens (tertiary/aromatic N) is 2. The highest BCUT2D eigenvalue weighted by molar-refractivity contribution is 5.78. The molecule has 1 aromatic carbocycles. The highest BCUT2D eigenvalue weighted by atomic mass is 16.5. The van der Waals surface area contributed by atoms with Crippen molar-refractivity contribution in [3.8, 4) is 5.75 Å². The Labute approximate surface area is 143 Å². The molecule has 0 aliphatic heterocycles. The van der Waals surface area contributed by atoms with Crippen LogP contribution < -0.4 is 4.74 Å². The van der Waals surface area contributed by atoms with Gasteiger partial charge < -0.3 is 14.4 Å². The lowest BCUT2D eigenvalue weighted by atomic mass is 10.1. The summed E-state index contributed by atoms with van der Waals surface area (Å²) >= 11 is 0. The Morgan fingerprint density at radius 2 is 1.79 bits per heavy atom. The van der Waals surface area contributed by atoms with E-state index in [4.69, 9.17) is 9.47 Å². The summed E-state index contributed by atoms with van der Waals surface area (Å²) in [4.78, 5) is 18.5. The van der Waals surface area contributed by atoms with Crippen molar-refractivity contribution in [3.63, 3.8) is 0 Å². The van der Waals surface area contributed by atoms with Crippen molar-refractivity contribution >= 4 is 5.91 Å². The van der Waals surface area contributed by atoms with Crippen LogP contribution in [0.25, 0.3) is 0 Å². The highest BCUT2D eigenvalue weighted by Gasteiger charge is 2.14. The van der Waals surface area contributed by atoms with Crippen LogP contribution in [0, 0.1) is 0 Å². The van der Waals surface area contributed by atoms with Gasteiger partial charge in [0, 0.05) is 32.6 Å². The Bertz CT molecular complexity index is 614. The van der Waals surface area contributed by atoms with E-state index in [1.165, 1.54) is 0 Å². The summed E-state index contributed by atoms with van der Waals surface area (Å²) in [6.45, 7) is 4.22. The number of benzene rings is 1. The Kier molecular flexibility index (Phi) is 7.23. The van der Waals surface area contributed by atoms with Crippen LogP contribution in [0.4, 0.5) is 0 Å². The molecule has 0 bridgehead atoms. The van der Waals surface area contributed by atoms with Crippen LogP contribution in [-0.2, 0) is 22.5 Å². The van der Waals surface area contributed by atoms with Crippen molar-refractivity contribution in [2.24, 2.45) is 0 Å². The average molecular weight is 328 g/mol. The molecule has 1 heterocycles. The number of carbonyl (C=O) groups is 1. The molecule has 5 heteroatoms. The normalized spacial score (nSPS) is 10.4. The summed E-state index contributed by atoms with van der Waals surface area (Å²) in [6, 6.07) is 11.5. The van der Waals surface area contributed by atoms with Crippen molar-refractivity contribution in [2.45, 2.75) is 19.9 Å². The summed E-state index contributed by atoms with van der Waals surface area (Å²) in [5.41, 5.74) is 2.03. The van der Waals surface area contributed by atoms with Crippen molar-refractivity contribution < 1.29 is 14.3 Å². The number of carbonyl (C=O) groups excluding carboxylic acids is 1. The molecule has 0 unspecified atom stereocenters. The quantitative estimate of drug-likeness (QED) is 0.710. The molecule has 2 rings (SSSR count). The smallest absolute Gasteiger partial charge is 0.227 e. The minimum absolute atomic E-state index is 0.0769. The zero-order valence-corrected chi connectivity index (χ0v) is 14.3. The number of hydrogen-bond acceptors (Lipinski definition) is 4. The van der Waals surface area contributed by atoms with E-state index in [2.05, 4.69) is 4.98 Å². The molecule has 0 spiro atoms. The van der Waals surface area contributed by atoms with Gasteiger partial charge in [0.1, 0.15) is 5.75 Å². The predicted octanol–water partition coefficient (Wildman–Crippen LogP) is 2.70. The van der Waals surface area contributed by atoms with Crippen LogP contribution in [0.3, 0.4) is 0 Å². The molecule has 0 saturated heterocycles. The van der Waals surface area contributed by atoms with Gasteiger partial charge in [-0.25, -0.2) is 0 Å². The van der Waals surface area contributed by atoms with E-state index < -0.39 is 0 Å². The first-order valence-corrected chi connectivity index (χ1v) is 8.10. The minimum Gasteiger partial charge on any atom is -0.494 e. The van der Waals surface area contributed by atoms with Crippen LogP contribution >= 0.6 is 0 Å². The molecule has 128 valence electrons. The molecule has 24 heavy (non-hydrogen) atoms. The average Bonchev–Trinajstić information content (AvgIpc) is 2.61. The molecule has 2 aromatic rings. The highest BCUT2D eigenvalue weighted by Crippen LogP contribution is 2.14. The number of aromatic nitrogens is 1. The van der Waals surface area contributed by atoms with Gasteiger partial charge in [0.15, 0.2) is 0 Å². The maximum absolute atomic E-state index is 12.7. The molecule has 0 saturated carbocycles. The van der Waals surface area contributed by atoms with Crippen LogP contribution in [-0.4, -0.2) is 42.7 Å². The van der Waals surface area contributed by atoms with Gasteiger partial charge in [0.2, 0.25) is 5.91 Å². The number of pyridine rings is 1. The van der Waals surface area contributed by atoms with Gasteiger partial charge in [0.25, 0.3) is 0 Å². The molecule has 1 amide bonds. The molecule has 0 aliphatic rings. The summed E-state index contributed by atoms with van der Waals surface area (Å²) < 4.78 is 10.6. The number of amides is 1. The number of rotatable bonds is 9. The molecule has 0 atom stereocenters. The van der Waals surface area contributed by atoms with Crippen molar-refractivity contribution in [3.05, 3.63) is 59.9 Å². The molecule has 0 radical (unpaired) electrons. The van der Waals surface area contributed by atoms with Gasteiger partial charge in [-0.1, -0.05) is 12.1 Å². The molecular weight excluding hydrogens is 304 g/mol. The van der Waals surface area contributed by atoms with Crippen molar-refractivity contribution in [2.75, 3.05) is 26.9 Å². The second-order valence-electron chi connectivity index (χ2n) is 5.42. The lowest BCUT2D eigenvalue weighted by Crippen LogP contribution is -2.34. The lowest BCUT2D eigenvalue weighted by molar-refractivity contribution is -0.131. The molecule has 5 nitrogen and oxygen atoms in total. The third-order valence-electron chi connectivity index (χ3n) is 3.63. The Balaban J connectivity index is 2.00. The second kappa shape index (κ2) is 9.67. The molecule has 0 fully saturated rings. The maximum Gasteiger partial charge on any atom is 0.227 e. The van der Waals surface area contributed by atoms with E-state index in [1.54, 1.807) is 19.5 Å². The Hall–Kier alpha value is -2.40. The molecule has 1 aromatic heterocycles. The Morgan fingerprint density at radius 3 is 2.42 bits per heavy atom. The number of hydrogen-bond donors (Lipinski definition) is 0. The zero-order chi connectivity index (χ0) is 17.2. The zero-order valence-electron chi connectivity index (χ0n) is 14.3. The van der Waals surface area contributed by atoms with Gasteiger partial charge in [-0.3, -0.25) is 9.78 Å². The van der Waals surface area contributed by atoms with E-state index in [-0.39, 0.29) is 5.91 Å². The molecule has 0 N–H and O–H groups in total.